The number of hydrogen-bond acceptors (Lipinski definition) is 6. The maximum absolute atomic E-state index is 10.5. The van der Waals surface area contributed by atoms with E-state index in [0.29, 0.717) is 44.5 Å². The highest BCUT2D eigenvalue weighted by atomic mass is 16.7. The van der Waals surface area contributed by atoms with Crippen LogP contribution in [0, 0.1) is 29.1 Å². The third-order valence-electron chi connectivity index (χ3n) is 6.43. The number of phenolic OH excluding ortho intramolecular Hbond substituents is 1. The lowest BCUT2D eigenvalue weighted by atomic mass is 9.54. The first-order chi connectivity index (χ1) is 13.6. The minimum atomic E-state index is -0.782. The Kier molecular flexibility index (Phi) is 3.93. The van der Waals surface area contributed by atoms with Gasteiger partial charge in [0.2, 0.25) is 0 Å². The number of rotatable bonds is 1. The van der Waals surface area contributed by atoms with E-state index in [-0.39, 0.29) is 24.4 Å². The van der Waals surface area contributed by atoms with Gasteiger partial charge in [0.15, 0.2) is 5.79 Å². The summed E-state index contributed by atoms with van der Waals surface area (Å²) in [4.78, 5) is 0. The van der Waals surface area contributed by atoms with Gasteiger partial charge in [-0.05, 0) is 29.7 Å². The maximum atomic E-state index is 10.5. The lowest BCUT2D eigenvalue weighted by Gasteiger charge is -2.49. The van der Waals surface area contributed by atoms with Crippen LogP contribution in [0.4, 0.5) is 0 Å². The summed E-state index contributed by atoms with van der Waals surface area (Å²) in [5.74, 6) is 4.90. The summed E-state index contributed by atoms with van der Waals surface area (Å²) in [6, 6.07) is 6.13. The van der Waals surface area contributed by atoms with Gasteiger partial charge in [-0.1, -0.05) is 11.8 Å². The Labute approximate surface area is 163 Å². The zero-order chi connectivity index (χ0) is 19.4. The summed E-state index contributed by atoms with van der Waals surface area (Å²) < 4.78 is 17.9. The fourth-order valence-corrected chi connectivity index (χ4v) is 5.25. The van der Waals surface area contributed by atoms with E-state index in [1.807, 2.05) is 6.07 Å². The van der Waals surface area contributed by atoms with Gasteiger partial charge in [0, 0.05) is 30.8 Å². The molecule has 2 aliphatic carbocycles. The molecule has 0 amide bonds. The number of benzene rings is 1. The Balaban J connectivity index is 1.61. The zero-order valence-corrected chi connectivity index (χ0v) is 15.4. The molecule has 1 aromatic rings. The van der Waals surface area contributed by atoms with Crippen LogP contribution < -0.4 is 0 Å². The van der Waals surface area contributed by atoms with E-state index in [1.165, 1.54) is 0 Å². The number of phenols is 1. The minimum absolute atomic E-state index is 0.0197. The fraction of sp³-hybridized carbons (Fsp3) is 0.500. The molecule has 2 aliphatic heterocycles. The van der Waals surface area contributed by atoms with Crippen LogP contribution in [0.3, 0.4) is 0 Å². The Morgan fingerprint density at radius 3 is 2.79 bits per heavy atom. The molecule has 144 valence electrons. The third kappa shape index (κ3) is 2.26. The van der Waals surface area contributed by atoms with Crippen molar-refractivity contribution in [2.45, 2.75) is 43.0 Å². The number of nitriles is 1. The zero-order valence-electron chi connectivity index (χ0n) is 15.4. The average molecular weight is 379 g/mol. The predicted molar refractivity (Wildman–Crippen MR) is 98.0 cm³/mol. The Hall–Kier alpha value is -2.51. The fourth-order valence-electron chi connectivity index (χ4n) is 5.25. The lowest BCUT2D eigenvalue weighted by molar-refractivity contribution is -0.154. The standard InChI is InChI=1S/C22H21NO5/c23-13-21-4-5-22(27-7-8-28-22)17-12-26-19(20(17)21)10-15-9-14(3-1-2-6-24)18(25)11-16(15)21/h9,11-12,19-20,24-25H,2,4-8,10H2/t19-,20-,21-/m1/s1. The van der Waals surface area contributed by atoms with Crippen LogP contribution in [0.2, 0.25) is 0 Å². The first-order valence-corrected chi connectivity index (χ1v) is 9.65. The monoisotopic (exact) mass is 379 g/mol. The van der Waals surface area contributed by atoms with Crippen LogP contribution in [-0.2, 0) is 26.0 Å². The second kappa shape index (κ2) is 6.25. The van der Waals surface area contributed by atoms with Crippen LogP contribution in [0.25, 0.3) is 0 Å². The SMILES string of the molecule is N#C[C@]12CCC3(OCCO3)C3=CO[C@H](Cc4cc(C#CCCO)c(O)cc41)[C@@H]32. The number of nitrogens with zero attached hydrogens (tertiary/aromatic N) is 1. The molecular formula is C22H21NO5. The summed E-state index contributed by atoms with van der Waals surface area (Å²) in [7, 11) is 0. The number of hydrogen-bond donors (Lipinski definition) is 2. The summed E-state index contributed by atoms with van der Waals surface area (Å²) in [6.45, 7) is 1.07. The van der Waals surface area contributed by atoms with Gasteiger partial charge in [-0.3, -0.25) is 0 Å². The lowest BCUT2D eigenvalue weighted by Crippen LogP contribution is -2.54. The van der Waals surface area contributed by atoms with Crippen molar-refractivity contribution in [2.75, 3.05) is 19.8 Å². The molecule has 6 nitrogen and oxygen atoms in total. The molecule has 6 heteroatoms. The van der Waals surface area contributed by atoms with E-state index >= 15 is 0 Å². The molecule has 1 spiro atoms. The van der Waals surface area contributed by atoms with Gasteiger partial charge in [-0.2, -0.15) is 5.26 Å². The normalized spacial score (nSPS) is 31.1. The van der Waals surface area contributed by atoms with Crippen molar-refractivity contribution in [3.63, 3.8) is 0 Å². The van der Waals surface area contributed by atoms with Gasteiger partial charge in [0.1, 0.15) is 11.9 Å². The molecule has 1 saturated carbocycles. The van der Waals surface area contributed by atoms with Crippen molar-refractivity contribution in [2.24, 2.45) is 5.92 Å². The highest BCUT2D eigenvalue weighted by molar-refractivity contribution is 5.58. The van der Waals surface area contributed by atoms with Gasteiger partial charge < -0.3 is 24.4 Å². The second-order valence-electron chi connectivity index (χ2n) is 7.76. The first kappa shape index (κ1) is 17.6. The highest BCUT2D eigenvalue weighted by Gasteiger charge is 2.63. The van der Waals surface area contributed by atoms with Gasteiger partial charge in [0.25, 0.3) is 0 Å². The molecule has 0 aromatic heterocycles. The number of aromatic hydroxyl groups is 1. The second-order valence-corrected chi connectivity index (χ2v) is 7.76. The van der Waals surface area contributed by atoms with Crippen molar-refractivity contribution >= 4 is 0 Å². The van der Waals surface area contributed by atoms with Crippen LogP contribution in [-0.4, -0.2) is 41.9 Å². The first-order valence-electron chi connectivity index (χ1n) is 9.65. The summed E-state index contributed by atoms with van der Waals surface area (Å²) >= 11 is 0. The summed E-state index contributed by atoms with van der Waals surface area (Å²) in [5.41, 5.74) is 2.48. The molecule has 5 rings (SSSR count). The van der Waals surface area contributed by atoms with Crippen LogP contribution in [0.1, 0.15) is 36.0 Å². The molecule has 2 N–H and O–H groups in total. The molecular weight excluding hydrogens is 358 g/mol. The molecule has 1 saturated heterocycles. The van der Waals surface area contributed by atoms with Gasteiger partial charge in [-0.15, -0.1) is 0 Å². The molecule has 28 heavy (non-hydrogen) atoms. The average Bonchev–Trinajstić information content (AvgIpc) is 3.34. The highest BCUT2D eigenvalue weighted by Crippen LogP contribution is 2.60. The third-order valence-corrected chi connectivity index (χ3v) is 6.43. The van der Waals surface area contributed by atoms with Gasteiger partial charge in [0.05, 0.1) is 43.1 Å². The number of aliphatic hydroxyl groups is 1. The van der Waals surface area contributed by atoms with Crippen molar-refractivity contribution in [1.82, 2.24) is 0 Å². The molecule has 0 radical (unpaired) electrons. The van der Waals surface area contributed by atoms with Crippen molar-refractivity contribution in [3.05, 3.63) is 40.7 Å². The molecule has 4 aliphatic rings. The quantitative estimate of drug-likeness (QED) is 0.724. The summed E-state index contributed by atoms with van der Waals surface area (Å²) in [5, 5.41) is 29.8. The number of fused-ring (bicyclic) bond motifs is 3. The number of ether oxygens (including phenoxy) is 3. The molecule has 3 atom stereocenters. The summed E-state index contributed by atoms with van der Waals surface area (Å²) in [6.07, 6.45) is 3.72. The molecule has 1 aromatic carbocycles. The van der Waals surface area contributed by atoms with Gasteiger partial charge >= 0.3 is 0 Å². The minimum Gasteiger partial charge on any atom is -0.507 e. The van der Waals surface area contributed by atoms with Crippen LogP contribution in [0.15, 0.2) is 24.0 Å². The molecule has 2 fully saturated rings. The van der Waals surface area contributed by atoms with Crippen LogP contribution >= 0.6 is 0 Å². The van der Waals surface area contributed by atoms with Crippen LogP contribution in [0.5, 0.6) is 5.75 Å². The smallest absolute Gasteiger partial charge is 0.194 e. The maximum Gasteiger partial charge on any atom is 0.194 e. The van der Waals surface area contributed by atoms with E-state index in [2.05, 4.69) is 17.9 Å². The Bertz CT molecular complexity index is 960. The largest absolute Gasteiger partial charge is 0.507 e. The molecule has 0 bridgehead atoms. The van der Waals surface area contributed by atoms with E-state index in [4.69, 9.17) is 19.3 Å². The molecule has 2 heterocycles. The topological polar surface area (TPSA) is 91.9 Å². The number of aliphatic hydroxyl groups excluding tert-OH is 1. The molecule has 0 unspecified atom stereocenters. The van der Waals surface area contributed by atoms with E-state index < -0.39 is 11.2 Å². The Morgan fingerprint density at radius 1 is 1.21 bits per heavy atom. The Morgan fingerprint density at radius 2 is 2.04 bits per heavy atom. The van der Waals surface area contributed by atoms with E-state index in [0.717, 1.165) is 16.7 Å². The van der Waals surface area contributed by atoms with Gasteiger partial charge in [-0.25, -0.2) is 0 Å². The van der Waals surface area contributed by atoms with Crippen molar-refractivity contribution < 1.29 is 24.4 Å². The van der Waals surface area contributed by atoms with E-state index in [1.54, 1.807) is 12.3 Å². The van der Waals surface area contributed by atoms with Crippen molar-refractivity contribution in [3.8, 4) is 23.7 Å². The van der Waals surface area contributed by atoms with E-state index in [9.17, 15) is 10.4 Å². The predicted octanol–water partition coefficient (Wildman–Crippen LogP) is 1.88. The van der Waals surface area contributed by atoms with Crippen molar-refractivity contribution in [1.29, 1.82) is 5.26 Å².